The summed E-state index contributed by atoms with van der Waals surface area (Å²) in [5.74, 6) is -0.599. The smallest absolute Gasteiger partial charge is 0.411 e. The number of likely N-dealkylation sites (tertiary alicyclic amines) is 1. The molecule has 1 unspecified atom stereocenters. The van der Waals surface area contributed by atoms with Crippen molar-refractivity contribution >= 4 is 17.8 Å². The van der Waals surface area contributed by atoms with E-state index in [1.807, 2.05) is 30.3 Å². The van der Waals surface area contributed by atoms with E-state index in [9.17, 15) is 14.4 Å². The highest BCUT2D eigenvalue weighted by Crippen LogP contribution is 2.20. The highest BCUT2D eigenvalue weighted by atomic mass is 16.6. The van der Waals surface area contributed by atoms with Gasteiger partial charge in [0.25, 0.3) is 0 Å². The summed E-state index contributed by atoms with van der Waals surface area (Å²) in [5.41, 5.74) is 0.182. The van der Waals surface area contributed by atoms with Crippen LogP contribution in [0.3, 0.4) is 0 Å². The van der Waals surface area contributed by atoms with Gasteiger partial charge in [-0.05, 0) is 32.8 Å². The molecular formula is C18H23NO5. The van der Waals surface area contributed by atoms with Crippen molar-refractivity contribution in [2.24, 2.45) is 0 Å². The number of rotatable bonds is 3. The van der Waals surface area contributed by atoms with Crippen molar-refractivity contribution in [2.45, 2.75) is 51.9 Å². The molecule has 6 heteroatoms. The van der Waals surface area contributed by atoms with E-state index in [2.05, 4.69) is 0 Å². The molecule has 1 aromatic rings. The Labute approximate surface area is 141 Å². The van der Waals surface area contributed by atoms with Crippen LogP contribution in [0.5, 0.6) is 0 Å². The van der Waals surface area contributed by atoms with Gasteiger partial charge in [0.2, 0.25) is 0 Å². The van der Waals surface area contributed by atoms with E-state index in [1.165, 1.54) is 4.90 Å². The number of esters is 1. The van der Waals surface area contributed by atoms with Crippen LogP contribution < -0.4 is 0 Å². The lowest BCUT2D eigenvalue weighted by atomic mass is 10.0. The lowest BCUT2D eigenvalue weighted by Gasteiger charge is -2.34. The summed E-state index contributed by atoms with van der Waals surface area (Å²) in [6.45, 7) is 5.24. The highest BCUT2D eigenvalue weighted by molar-refractivity contribution is 5.90. The second kappa shape index (κ2) is 7.47. The second-order valence-corrected chi connectivity index (χ2v) is 6.79. The maximum atomic E-state index is 12.3. The molecule has 1 fully saturated rings. The van der Waals surface area contributed by atoms with Gasteiger partial charge in [-0.1, -0.05) is 30.3 Å². The van der Waals surface area contributed by atoms with Crippen molar-refractivity contribution in [3.05, 3.63) is 35.9 Å². The van der Waals surface area contributed by atoms with E-state index in [0.29, 0.717) is 0 Å². The van der Waals surface area contributed by atoms with E-state index in [1.54, 1.807) is 20.8 Å². The third-order valence-corrected chi connectivity index (χ3v) is 3.54. The van der Waals surface area contributed by atoms with Gasteiger partial charge in [0.05, 0.1) is 6.54 Å². The summed E-state index contributed by atoms with van der Waals surface area (Å²) in [6, 6.07) is 8.44. The lowest BCUT2D eigenvalue weighted by molar-refractivity contribution is -0.162. The average molecular weight is 333 g/mol. The Morgan fingerprint density at radius 3 is 2.50 bits per heavy atom. The minimum Gasteiger partial charge on any atom is -0.458 e. The molecule has 0 saturated carbocycles. The molecule has 0 aliphatic carbocycles. The average Bonchev–Trinajstić information content (AvgIpc) is 2.51. The minimum absolute atomic E-state index is 0.0887. The van der Waals surface area contributed by atoms with Crippen molar-refractivity contribution in [3.63, 3.8) is 0 Å². The van der Waals surface area contributed by atoms with E-state index >= 15 is 0 Å². The van der Waals surface area contributed by atoms with Crippen molar-refractivity contribution in [1.82, 2.24) is 4.90 Å². The van der Waals surface area contributed by atoms with Gasteiger partial charge in [0.15, 0.2) is 5.78 Å². The summed E-state index contributed by atoms with van der Waals surface area (Å²) in [4.78, 5) is 37.5. The Morgan fingerprint density at radius 1 is 1.21 bits per heavy atom. The Hall–Kier alpha value is -2.37. The van der Waals surface area contributed by atoms with E-state index < -0.39 is 23.7 Å². The fourth-order valence-corrected chi connectivity index (χ4v) is 2.44. The quantitative estimate of drug-likeness (QED) is 0.795. The maximum Gasteiger partial charge on any atom is 0.411 e. The Bertz CT molecular complexity index is 606. The van der Waals surface area contributed by atoms with E-state index in [4.69, 9.17) is 9.47 Å². The number of hydrogen-bond acceptors (Lipinski definition) is 5. The van der Waals surface area contributed by atoms with Crippen LogP contribution in [0.25, 0.3) is 0 Å². The summed E-state index contributed by atoms with van der Waals surface area (Å²) < 4.78 is 10.6. The third-order valence-electron chi connectivity index (χ3n) is 3.54. The van der Waals surface area contributed by atoms with Crippen LogP contribution in [-0.2, 0) is 25.7 Å². The molecule has 0 aromatic heterocycles. The first-order chi connectivity index (χ1) is 11.3. The van der Waals surface area contributed by atoms with Gasteiger partial charge in [0, 0.05) is 6.42 Å². The van der Waals surface area contributed by atoms with Crippen LogP contribution in [0.15, 0.2) is 30.3 Å². The standard InChI is InChI=1S/C18H23NO5/c1-18(2,3)24-16(21)15-10-9-14(20)11-19(15)17(22)23-12-13-7-5-4-6-8-13/h4-8,15H,9-12H2,1-3H3. The molecule has 1 aliphatic rings. The molecule has 1 atom stereocenters. The van der Waals surface area contributed by atoms with E-state index in [0.717, 1.165) is 5.56 Å². The number of benzene rings is 1. The van der Waals surface area contributed by atoms with Crippen molar-refractivity contribution in [2.75, 3.05) is 6.54 Å². The molecule has 1 aliphatic heterocycles. The molecule has 2 rings (SSSR count). The van der Waals surface area contributed by atoms with Crippen LogP contribution in [0.4, 0.5) is 4.79 Å². The van der Waals surface area contributed by atoms with Crippen LogP contribution in [0.1, 0.15) is 39.2 Å². The number of carbonyl (C=O) groups is 3. The zero-order valence-electron chi connectivity index (χ0n) is 14.3. The maximum absolute atomic E-state index is 12.3. The topological polar surface area (TPSA) is 72.9 Å². The van der Waals surface area contributed by atoms with Gasteiger partial charge in [0.1, 0.15) is 18.2 Å². The predicted molar refractivity (Wildman–Crippen MR) is 87.2 cm³/mol. The van der Waals surface area contributed by atoms with Gasteiger partial charge >= 0.3 is 12.1 Å². The molecule has 0 radical (unpaired) electrons. The number of piperidine rings is 1. The van der Waals surface area contributed by atoms with Gasteiger partial charge in [-0.2, -0.15) is 0 Å². The molecule has 1 heterocycles. The first-order valence-electron chi connectivity index (χ1n) is 7.98. The monoisotopic (exact) mass is 333 g/mol. The molecule has 1 amide bonds. The zero-order valence-corrected chi connectivity index (χ0v) is 14.3. The summed E-state index contributed by atoms with van der Waals surface area (Å²) in [6.07, 6.45) is -0.164. The van der Waals surface area contributed by atoms with Crippen LogP contribution >= 0.6 is 0 Å². The minimum atomic E-state index is -0.787. The van der Waals surface area contributed by atoms with E-state index in [-0.39, 0.29) is 31.8 Å². The number of carbonyl (C=O) groups excluding carboxylic acids is 3. The fraction of sp³-hybridized carbons (Fsp3) is 0.500. The molecule has 1 aromatic carbocycles. The Morgan fingerprint density at radius 2 is 1.88 bits per heavy atom. The summed E-state index contributed by atoms with van der Waals surface area (Å²) in [5, 5.41) is 0. The van der Waals surface area contributed by atoms with Gasteiger partial charge in [-0.15, -0.1) is 0 Å². The second-order valence-electron chi connectivity index (χ2n) is 6.79. The number of hydrogen-bond donors (Lipinski definition) is 0. The fourth-order valence-electron chi connectivity index (χ4n) is 2.44. The third kappa shape index (κ3) is 5.08. The van der Waals surface area contributed by atoms with Crippen LogP contribution in [0, 0.1) is 0 Å². The number of ketones is 1. The molecule has 24 heavy (non-hydrogen) atoms. The molecule has 1 saturated heterocycles. The SMILES string of the molecule is CC(C)(C)OC(=O)C1CCC(=O)CN1C(=O)OCc1ccccc1. The van der Waals surface area contributed by atoms with Gasteiger partial charge < -0.3 is 9.47 Å². The molecule has 6 nitrogen and oxygen atoms in total. The Balaban J connectivity index is 2.03. The predicted octanol–water partition coefficient (Wildman–Crippen LogP) is 2.70. The normalized spacial score (nSPS) is 18.2. The van der Waals surface area contributed by atoms with Crippen molar-refractivity contribution in [3.8, 4) is 0 Å². The first kappa shape index (κ1) is 18.0. The van der Waals surface area contributed by atoms with Crippen LogP contribution in [-0.4, -0.2) is 40.9 Å². The first-order valence-corrected chi connectivity index (χ1v) is 7.98. The van der Waals surface area contributed by atoms with Gasteiger partial charge in [-0.3, -0.25) is 9.69 Å². The number of Topliss-reactive ketones (excluding diaryl/α,β-unsaturated/α-hetero) is 1. The molecule has 130 valence electrons. The number of amides is 1. The molecule has 0 bridgehead atoms. The largest absolute Gasteiger partial charge is 0.458 e. The number of nitrogens with zero attached hydrogens (tertiary/aromatic N) is 1. The highest BCUT2D eigenvalue weighted by Gasteiger charge is 2.38. The number of ether oxygens (including phenoxy) is 2. The van der Waals surface area contributed by atoms with Crippen molar-refractivity contribution < 1.29 is 23.9 Å². The Kier molecular flexibility index (Phi) is 5.59. The zero-order chi connectivity index (χ0) is 17.7. The summed E-state index contributed by atoms with van der Waals surface area (Å²) in [7, 11) is 0. The summed E-state index contributed by atoms with van der Waals surface area (Å²) >= 11 is 0. The van der Waals surface area contributed by atoms with Crippen molar-refractivity contribution in [1.29, 1.82) is 0 Å². The molecule has 0 spiro atoms. The van der Waals surface area contributed by atoms with Gasteiger partial charge in [-0.25, -0.2) is 9.59 Å². The molecular weight excluding hydrogens is 310 g/mol. The molecule has 0 N–H and O–H groups in total. The lowest BCUT2D eigenvalue weighted by Crippen LogP contribution is -2.52. The van der Waals surface area contributed by atoms with Crippen LogP contribution in [0.2, 0.25) is 0 Å².